The molecule has 2 aromatic carbocycles. The van der Waals surface area contributed by atoms with E-state index < -0.39 is 23.4 Å². The summed E-state index contributed by atoms with van der Waals surface area (Å²) in [6.07, 6.45) is 0. The second kappa shape index (κ2) is 8.08. The molecule has 1 N–H and O–H groups in total. The molecule has 5 nitrogen and oxygen atoms in total. The zero-order valence-corrected chi connectivity index (χ0v) is 16.6. The number of carbonyl (C=O) groups is 2. The van der Waals surface area contributed by atoms with Gasteiger partial charge in [0.15, 0.2) is 0 Å². The largest absolute Gasteiger partial charge is 0.492 e. The lowest BCUT2D eigenvalue weighted by atomic mass is 10.1. The average Bonchev–Trinajstić information content (AvgIpc) is 3.32. The number of imide groups is 1. The number of ether oxygens (including phenoxy) is 1. The third-order valence-electron chi connectivity index (χ3n) is 4.45. The number of halogens is 2. The topological polar surface area (TPSA) is 58.6 Å². The summed E-state index contributed by atoms with van der Waals surface area (Å²) in [4.78, 5) is 27.7. The Bertz CT molecular complexity index is 1160. The van der Waals surface area contributed by atoms with Crippen molar-refractivity contribution in [3.63, 3.8) is 0 Å². The van der Waals surface area contributed by atoms with Gasteiger partial charge in [-0.2, -0.15) is 0 Å². The Labute approximate surface area is 175 Å². The summed E-state index contributed by atoms with van der Waals surface area (Å²) in [6.45, 7) is 2.24. The molecule has 30 heavy (non-hydrogen) atoms. The maximum Gasteiger partial charge on any atom is 0.282 e. The maximum absolute atomic E-state index is 14.4. The van der Waals surface area contributed by atoms with E-state index >= 15 is 0 Å². The molecule has 0 aliphatic carbocycles. The molecular formula is C22H16F2N2O3S. The number of nitrogens with one attached hydrogen (secondary N) is 1. The van der Waals surface area contributed by atoms with E-state index in [9.17, 15) is 18.4 Å². The van der Waals surface area contributed by atoms with E-state index in [4.69, 9.17) is 4.74 Å². The second-order valence-corrected chi connectivity index (χ2v) is 7.27. The molecule has 8 heteroatoms. The predicted octanol–water partition coefficient (Wildman–Crippen LogP) is 4.82. The molecule has 1 aliphatic rings. The van der Waals surface area contributed by atoms with Gasteiger partial charge in [0.05, 0.1) is 23.6 Å². The summed E-state index contributed by atoms with van der Waals surface area (Å²) in [5.41, 5.74) is 0.296. The third kappa shape index (κ3) is 3.46. The standard InChI is InChI=1S/C22H16F2N2O3S/c1-2-29-17-7-4-3-6-15(17)25-20-19(18-8-5-11-30-18)21(27)26(22(20)28)16-10-9-13(23)12-14(16)24/h3-12,25H,2H2,1H3. The minimum absolute atomic E-state index is 0.00155. The van der Waals surface area contributed by atoms with E-state index in [0.717, 1.165) is 17.0 Å². The van der Waals surface area contributed by atoms with E-state index in [1.807, 2.05) is 6.92 Å². The van der Waals surface area contributed by atoms with Crippen molar-refractivity contribution in [2.45, 2.75) is 6.92 Å². The zero-order chi connectivity index (χ0) is 21.3. The van der Waals surface area contributed by atoms with Gasteiger partial charge in [0.25, 0.3) is 11.8 Å². The van der Waals surface area contributed by atoms with Gasteiger partial charge >= 0.3 is 0 Å². The predicted molar refractivity (Wildman–Crippen MR) is 111 cm³/mol. The monoisotopic (exact) mass is 426 g/mol. The Morgan fingerprint density at radius 2 is 1.83 bits per heavy atom. The quantitative estimate of drug-likeness (QED) is 0.574. The number of amides is 2. The van der Waals surface area contributed by atoms with Crippen LogP contribution < -0.4 is 15.0 Å². The first-order valence-corrected chi connectivity index (χ1v) is 10.00. The molecule has 152 valence electrons. The Balaban J connectivity index is 1.81. The molecule has 0 saturated carbocycles. The fourth-order valence-corrected chi connectivity index (χ4v) is 3.93. The van der Waals surface area contributed by atoms with Crippen LogP contribution in [0.3, 0.4) is 0 Å². The molecule has 0 atom stereocenters. The summed E-state index contributed by atoms with van der Waals surface area (Å²) in [5.74, 6) is -2.72. The van der Waals surface area contributed by atoms with Gasteiger partial charge in [-0.25, -0.2) is 13.7 Å². The highest BCUT2D eigenvalue weighted by Gasteiger charge is 2.42. The molecule has 2 amide bonds. The SMILES string of the molecule is CCOc1ccccc1NC1=C(c2cccs2)C(=O)N(c2ccc(F)cc2F)C1=O. The molecule has 4 rings (SSSR count). The van der Waals surface area contributed by atoms with Crippen molar-refractivity contribution in [2.24, 2.45) is 0 Å². The average molecular weight is 426 g/mol. The van der Waals surface area contributed by atoms with Gasteiger partial charge in [0.1, 0.15) is 23.1 Å². The van der Waals surface area contributed by atoms with Gasteiger partial charge in [-0.05, 0) is 42.6 Å². The fraction of sp³-hybridized carbons (Fsp3) is 0.0909. The van der Waals surface area contributed by atoms with Crippen molar-refractivity contribution in [3.8, 4) is 5.75 Å². The highest BCUT2D eigenvalue weighted by atomic mass is 32.1. The first kappa shape index (κ1) is 19.8. The number of benzene rings is 2. The summed E-state index contributed by atoms with van der Waals surface area (Å²) >= 11 is 1.28. The Morgan fingerprint density at radius 3 is 2.53 bits per heavy atom. The number of thiophene rings is 1. The summed E-state index contributed by atoms with van der Waals surface area (Å²) in [5, 5.41) is 4.77. The van der Waals surface area contributed by atoms with E-state index in [1.54, 1.807) is 41.8 Å². The summed E-state index contributed by atoms with van der Waals surface area (Å²) in [7, 11) is 0. The minimum Gasteiger partial charge on any atom is -0.492 e. The van der Waals surface area contributed by atoms with Gasteiger partial charge in [0.2, 0.25) is 0 Å². The number of hydrogen-bond acceptors (Lipinski definition) is 5. The van der Waals surface area contributed by atoms with Crippen LogP contribution in [0.1, 0.15) is 11.8 Å². The molecule has 2 heterocycles. The van der Waals surface area contributed by atoms with Gasteiger partial charge in [-0.1, -0.05) is 18.2 Å². The maximum atomic E-state index is 14.4. The Morgan fingerprint density at radius 1 is 1.03 bits per heavy atom. The zero-order valence-electron chi connectivity index (χ0n) is 15.8. The molecule has 1 aromatic heterocycles. The van der Waals surface area contributed by atoms with Crippen LogP contribution >= 0.6 is 11.3 Å². The van der Waals surface area contributed by atoms with Crippen LogP contribution in [0, 0.1) is 11.6 Å². The Kier molecular flexibility index (Phi) is 5.33. The van der Waals surface area contributed by atoms with Crippen molar-refractivity contribution in [2.75, 3.05) is 16.8 Å². The molecule has 0 saturated heterocycles. The van der Waals surface area contributed by atoms with Crippen molar-refractivity contribution in [1.29, 1.82) is 0 Å². The summed E-state index contributed by atoms with van der Waals surface area (Å²) < 4.78 is 33.3. The van der Waals surface area contributed by atoms with E-state index in [2.05, 4.69) is 5.32 Å². The van der Waals surface area contributed by atoms with Crippen LogP contribution in [-0.4, -0.2) is 18.4 Å². The van der Waals surface area contributed by atoms with Crippen LogP contribution in [0.25, 0.3) is 5.57 Å². The minimum atomic E-state index is -1.00. The van der Waals surface area contributed by atoms with Gasteiger partial charge in [-0.3, -0.25) is 9.59 Å². The number of para-hydroxylation sites is 2. The van der Waals surface area contributed by atoms with Crippen molar-refractivity contribution in [3.05, 3.63) is 82.2 Å². The van der Waals surface area contributed by atoms with Gasteiger partial charge in [0, 0.05) is 10.9 Å². The lowest BCUT2D eigenvalue weighted by Gasteiger charge is -2.16. The highest BCUT2D eigenvalue weighted by Crippen LogP contribution is 2.37. The van der Waals surface area contributed by atoms with Crippen LogP contribution in [0.2, 0.25) is 0 Å². The third-order valence-corrected chi connectivity index (χ3v) is 5.34. The Hall–Kier alpha value is -3.52. The number of rotatable bonds is 6. The van der Waals surface area contributed by atoms with Crippen LogP contribution in [0.4, 0.5) is 20.2 Å². The fourth-order valence-electron chi connectivity index (χ4n) is 3.16. The molecule has 0 radical (unpaired) electrons. The van der Waals surface area contributed by atoms with Crippen LogP contribution in [-0.2, 0) is 9.59 Å². The number of carbonyl (C=O) groups excluding carboxylic acids is 2. The van der Waals surface area contributed by atoms with Crippen LogP contribution in [0.5, 0.6) is 5.75 Å². The number of nitrogens with zero attached hydrogens (tertiary/aromatic N) is 1. The molecule has 1 aliphatic heterocycles. The van der Waals surface area contributed by atoms with Crippen molar-refractivity contribution < 1.29 is 23.1 Å². The summed E-state index contributed by atoms with van der Waals surface area (Å²) in [6, 6.07) is 13.1. The van der Waals surface area contributed by atoms with Gasteiger partial charge < -0.3 is 10.1 Å². The van der Waals surface area contributed by atoms with E-state index in [0.29, 0.717) is 29.0 Å². The lowest BCUT2D eigenvalue weighted by Crippen LogP contribution is -2.33. The number of anilines is 2. The first-order chi connectivity index (χ1) is 14.5. The van der Waals surface area contributed by atoms with Crippen LogP contribution in [0.15, 0.2) is 65.7 Å². The lowest BCUT2D eigenvalue weighted by molar-refractivity contribution is -0.120. The molecule has 0 fully saturated rings. The number of hydrogen-bond donors (Lipinski definition) is 1. The molecular weight excluding hydrogens is 410 g/mol. The molecule has 0 spiro atoms. The van der Waals surface area contributed by atoms with Gasteiger partial charge in [-0.15, -0.1) is 11.3 Å². The normalized spacial score (nSPS) is 13.9. The van der Waals surface area contributed by atoms with E-state index in [1.165, 1.54) is 11.3 Å². The molecule has 0 bridgehead atoms. The van der Waals surface area contributed by atoms with Crippen molar-refractivity contribution in [1.82, 2.24) is 0 Å². The molecule has 0 unspecified atom stereocenters. The smallest absolute Gasteiger partial charge is 0.282 e. The van der Waals surface area contributed by atoms with E-state index in [-0.39, 0.29) is 17.0 Å². The second-order valence-electron chi connectivity index (χ2n) is 6.32. The van der Waals surface area contributed by atoms with Crippen molar-refractivity contribution >= 4 is 40.1 Å². The highest BCUT2D eigenvalue weighted by molar-refractivity contribution is 7.11. The first-order valence-electron chi connectivity index (χ1n) is 9.12. The molecule has 3 aromatic rings.